The van der Waals surface area contributed by atoms with Crippen LogP contribution in [-0.4, -0.2) is 22.4 Å². The summed E-state index contributed by atoms with van der Waals surface area (Å²) in [5.41, 5.74) is 3.20. The highest BCUT2D eigenvalue weighted by Gasteiger charge is 2.31. The maximum Gasteiger partial charge on any atom is 0.322 e. The molecule has 6 heteroatoms. The van der Waals surface area contributed by atoms with Gasteiger partial charge >= 0.3 is 6.03 Å². The fourth-order valence-corrected chi connectivity index (χ4v) is 3.23. The van der Waals surface area contributed by atoms with Crippen LogP contribution in [0.15, 0.2) is 42.5 Å². The quantitative estimate of drug-likeness (QED) is 0.657. The first-order chi connectivity index (χ1) is 12.0. The summed E-state index contributed by atoms with van der Waals surface area (Å²) in [6.07, 6.45) is 1.81. The smallest absolute Gasteiger partial charge is 0.317 e. The molecule has 6 nitrogen and oxygen atoms in total. The zero-order valence-electron chi connectivity index (χ0n) is 14.4. The number of nitro benzene ring substituents is 1. The van der Waals surface area contributed by atoms with E-state index in [0.29, 0.717) is 6.54 Å². The number of urea groups is 1. The number of nitro groups is 1. The molecule has 0 aromatic heterocycles. The summed E-state index contributed by atoms with van der Waals surface area (Å²) in [4.78, 5) is 25.2. The fourth-order valence-electron chi connectivity index (χ4n) is 3.23. The number of amides is 2. The third-order valence-electron chi connectivity index (χ3n) is 4.57. The Labute approximate surface area is 146 Å². The highest BCUT2D eigenvalue weighted by atomic mass is 16.6. The molecule has 1 atom stereocenters. The number of benzene rings is 2. The minimum absolute atomic E-state index is 0.00473. The van der Waals surface area contributed by atoms with Crippen LogP contribution in [0.3, 0.4) is 0 Å². The van der Waals surface area contributed by atoms with Gasteiger partial charge in [-0.05, 0) is 43.9 Å². The monoisotopic (exact) mass is 339 g/mol. The third-order valence-corrected chi connectivity index (χ3v) is 4.57. The maximum absolute atomic E-state index is 12.7. The molecule has 2 aromatic carbocycles. The zero-order valence-corrected chi connectivity index (χ0v) is 14.4. The third kappa shape index (κ3) is 3.63. The van der Waals surface area contributed by atoms with E-state index in [1.165, 1.54) is 11.6 Å². The summed E-state index contributed by atoms with van der Waals surface area (Å²) in [6.45, 7) is 4.45. The number of aryl methyl sites for hydroxylation is 2. The Kier molecular flexibility index (Phi) is 4.70. The van der Waals surface area contributed by atoms with Crippen LogP contribution in [0.5, 0.6) is 0 Å². The average Bonchev–Trinajstić information content (AvgIpc) is 3.06. The van der Waals surface area contributed by atoms with Gasteiger partial charge in [0.2, 0.25) is 0 Å². The van der Waals surface area contributed by atoms with Crippen molar-refractivity contribution in [2.45, 2.75) is 32.7 Å². The maximum atomic E-state index is 12.7. The van der Waals surface area contributed by atoms with Crippen LogP contribution in [0.2, 0.25) is 0 Å². The normalized spacial score (nSPS) is 16.7. The summed E-state index contributed by atoms with van der Waals surface area (Å²) in [7, 11) is 0. The first-order valence-corrected chi connectivity index (χ1v) is 8.35. The number of hydrogen-bond donors (Lipinski definition) is 1. The number of anilines is 1. The van der Waals surface area contributed by atoms with E-state index < -0.39 is 4.92 Å². The van der Waals surface area contributed by atoms with Gasteiger partial charge in [0.05, 0.1) is 11.0 Å². The molecule has 0 radical (unpaired) electrons. The Morgan fingerprint density at radius 1 is 1.16 bits per heavy atom. The van der Waals surface area contributed by atoms with Gasteiger partial charge in [-0.15, -0.1) is 0 Å². The second-order valence-electron chi connectivity index (χ2n) is 6.47. The molecule has 1 N–H and O–H groups in total. The van der Waals surface area contributed by atoms with Crippen LogP contribution in [0, 0.1) is 24.0 Å². The molecular formula is C19H21N3O3. The topological polar surface area (TPSA) is 75.5 Å². The molecule has 0 aliphatic carbocycles. The van der Waals surface area contributed by atoms with Gasteiger partial charge in [-0.25, -0.2) is 4.79 Å². The number of nitrogens with one attached hydrogen (secondary N) is 1. The number of carbonyl (C=O) groups is 1. The fraction of sp³-hybridized carbons (Fsp3) is 0.316. The molecule has 25 heavy (non-hydrogen) atoms. The molecule has 2 aromatic rings. The number of likely N-dealkylation sites (tertiary alicyclic amines) is 1. The lowest BCUT2D eigenvalue weighted by atomic mass is 10.0. The lowest BCUT2D eigenvalue weighted by Gasteiger charge is -2.25. The van der Waals surface area contributed by atoms with E-state index in [2.05, 4.69) is 5.32 Å². The Hall–Kier alpha value is -2.89. The summed E-state index contributed by atoms with van der Waals surface area (Å²) >= 11 is 0. The van der Waals surface area contributed by atoms with Gasteiger partial charge < -0.3 is 10.2 Å². The van der Waals surface area contributed by atoms with Crippen LogP contribution in [0.1, 0.15) is 35.6 Å². The Balaban J connectivity index is 1.81. The molecule has 1 aliphatic rings. The Bertz CT molecular complexity index is 802. The average molecular weight is 339 g/mol. The molecule has 0 unspecified atom stereocenters. The van der Waals surface area contributed by atoms with E-state index in [1.807, 2.05) is 31.2 Å². The van der Waals surface area contributed by atoms with Crippen molar-refractivity contribution in [2.75, 3.05) is 11.9 Å². The van der Waals surface area contributed by atoms with Crippen molar-refractivity contribution in [1.29, 1.82) is 0 Å². The van der Waals surface area contributed by atoms with E-state index >= 15 is 0 Å². The molecule has 1 heterocycles. The SMILES string of the molecule is Cc1ccc([C@H]2CCCN2C(=O)Nc2ccc(C)cc2[N+](=O)[O-])cc1. The second kappa shape index (κ2) is 6.93. The van der Waals surface area contributed by atoms with Crippen LogP contribution in [0.25, 0.3) is 0 Å². The van der Waals surface area contributed by atoms with Gasteiger partial charge in [-0.2, -0.15) is 0 Å². The minimum Gasteiger partial charge on any atom is -0.317 e. The first kappa shape index (κ1) is 17.0. The number of carbonyl (C=O) groups excluding carboxylic acids is 1. The van der Waals surface area contributed by atoms with Crippen molar-refractivity contribution in [2.24, 2.45) is 0 Å². The van der Waals surface area contributed by atoms with E-state index in [0.717, 1.165) is 24.0 Å². The summed E-state index contributed by atoms with van der Waals surface area (Å²) in [6, 6.07) is 12.7. The predicted octanol–water partition coefficient (Wildman–Crippen LogP) is 4.58. The number of nitrogens with zero attached hydrogens (tertiary/aromatic N) is 2. The summed E-state index contributed by atoms with van der Waals surface area (Å²) in [5.74, 6) is 0. The van der Waals surface area contributed by atoms with E-state index in [1.54, 1.807) is 24.0 Å². The molecular weight excluding hydrogens is 318 g/mol. The molecule has 3 rings (SSSR count). The highest BCUT2D eigenvalue weighted by Crippen LogP contribution is 2.33. The van der Waals surface area contributed by atoms with Crippen molar-refractivity contribution in [3.63, 3.8) is 0 Å². The van der Waals surface area contributed by atoms with Gasteiger partial charge in [0.25, 0.3) is 5.69 Å². The Morgan fingerprint density at radius 2 is 1.84 bits per heavy atom. The highest BCUT2D eigenvalue weighted by molar-refractivity contribution is 5.92. The van der Waals surface area contributed by atoms with Gasteiger partial charge in [0.15, 0.2) is 0 Å². The van der Waals surface area contributed by atoms with Crippen LogP contribution < -0.4 is 5.32 Å². The van der Waals surface area contributed by atoms with E-state index in [4.69, 9.17) is 0 Å². The summed E-state index contributed by atoms with van der Waals surface area (Å²) in [5, 5.41) is 14.0. The molecule has 1 saturated heterocycles. The van der Waals surface area contributed by atoms with Crippen molar-refractivity contribution in [3.8, 4) is 0 Å². The van der Waals surface area contributed by atoms with Gasteiger partial charge in [0, 0.05) is 12.6 Å². The van der Waals surface area contributed by atoms with Crippen molar-refractivity contribution in [1.82, 2.24) is 4.90 Å². The Morgan fingerprint density at radius 3 is 2.52 bits per heavy atom. The van der Waals surface area contributed by atoms with Crippen molar-refractivity contribution < 1.29 is 9.72 Å². The number of rotatable bonds is 3. The van der Waals surface area contributed by atoms with Gasteiger partial charge in [-0.1, -0.05) is 35.9 Å². The molecule has 1 aliphatic heterocycles. The molecule has 0 bridgehead atoms. The van der Waals surface area contributed by atoms with Crippen molar-refractivity contribution >= 4 is 17.4 Å². The lowest BCUT2D eigenvalue weighted by molar-refractivity contribution is -0.384. The van der Waals surface area contributed by atoms with E-state index in [9.17, 15) is 14.9 Å². The molecule has 0 saturated carbocycles. The van der Waals surface area contributed by atoms with Crippen molar-refractivity contribution in [3.05, 3.63) is 69.3 Å². The lowest BCUT2D eigenvalue weighted by Crippen LogP contribution is -2.34. The second-order valence-corrected chi connectivity index (χ2v) is 6.47. The van der Waals surface area contributed by atoms with Crippen LogP contribution >= 0.6 is 0 Å². The minimum atomic E-state index is -0.468. The summed E-state index contributed by atoms with van der Waals surface area (Å²) < 4.78 is 0. The number of hydrogen-bond acceptors (Lipinski definition) is 3. The van der Waals surface area contributed by atoms with Crippen LogP contribution in [-0.2, 0) is 0 Å². The van der Waals surface area contributed by atoms with Gasteiger partial charge in [-0.3, -0.25) is 10.1 Å². The van der Waals surface area contributed by atoms with E-state index in [-0.39, 0.29) is 23.4 Å². The van der Waals surface area contributed by atoms with Gasteiger partial charge in [0.1, 0.15) is 5.69 Å². The predicted molar refractivity (Wildman–Crippen MR) is 96.7 cm³/mol. The first-order valence-electron chi connectivity index (χ1n) is 8.35. The molecule has 1 fully saturated rings. The molecule has 2 amide bonds. The van der Waals surface area contributed by atoms with Crippen LogP contribution in [0.4, 0.5) is 16.2 Å². The standard InChI is InChI=1S/C19H21N3O3/c1-13-5-8-15(9-6-13)17-4-3-11-21(17)19(23)20-16-10-7-14(2)12-18(16)22(24)25/h5-10,12,17H,3-4,11H2,1-2H3,(H,20,23)/t17-/m1/s1. The largest absolute Gasteiger partial charge is 0.322 e. The molecule has 0 spiro atoms. The zero-order chi connectivity index (χ0) is 18.0. The molecule has 130 valence electrons.